The maximum absolute atomic E-state index is 5.19. The first-order valence-corrected chi connectivity index (χ1v) is 7.54. The molecule has 2 aliphatic heterocycles. The van der Waals surface area contributed by atoms with Crippen LogP contribution < -0.4 is 5.32 Å². The van der Waals surface area contributed by atoms with Gasteiger partial charge in [0, 0.05) is 19.5 Å². The smallest absolute Gasteiger partial charge is 0.226 e. The number of aromatic nitrogens is 2. The lowest BCUT2D eigenvalue weighted by atomic mass is 9.74. The van der Waals surface area contributed by atoms with Crippen molar-refractivity contribution in [3.8, 4) is 0 Å². The molecule has 3 rings (SSSR count). The third kappa shape index (κ3) is 2.98. The van der Waals surface area contributed by atoms with Crippen LogP contribution in [0.4, 0.5) is 0 Å². The summed E-state index contributed by atoms with van der Waals surface area (Å²) in [6.07, 6.45) is 6.16. The largest absolute Gasteiger partial charge is 0.339 e. The molecule has 1 atom stereocenters. The van der Waals surface area contributed by atoms with Crippen molar-refractivity contribution in [1.82, 2.24) is 20.4 Å². The Morgan fingerprint density at radius 2 is 2.26 bits per heavy atom. The van der Waals surface area contributed by atoms with Gasteiger partial charge in [0.1, 0.15) is 0 Å². The average Bonchev–Trinajstić information content (AvgIpc) is 2.87. The minimum absolute atomic E-state index is 0.494. The summed E-state index contributed by atoms with van der Waals surface area (Å²) in [6, 6.07) is 0. The first-order valence-electron chi connectivity index (χ1n) is 7.54. The molecule has 5 heteroatoms. The highest BCUT2D eigenvalue weighted by Crippen LogP contribution is 2.36. The van der Waals surface area contributed by atoms with Gasteiger partial charge in [-0.3, -0.25) is 4.90 Å². The molecular weight excluding hydrogens is 240 g/mol. The van der Waals surface area contributed by atoms with Crippen molar-refractivity contribution in [3.05, 3.63) is 11.7 Å². The molecule has 19 heavy (non-hydrogen) atoms. The fraction of sp³-hybridized carbons (Fsp3) is 0.857. The molecule has 2 fully saturated rings. The molecule has 1 spiro atoms. The highest BCUT2D eigenvalue weighted by Gasteiger charge is 2.36. The van der Waals surface area contributed by atoms with E-state index in [-0.39, 0.29) is 0 Å². The predicted molar refractivity (Wildman–Crippen MR) is 72.7 cm³/mol. The fourth-order valence-electron chi connectivity index (χ4n) is 3.52. The molecule has 0 saturated carbocycles. The van der Waals surface area contributed by atoms with Crippen LogP contribution in [0.25, 0.3) is 0 Å². The van der Waals surface area contributed by atoms with Crippen LogP contribution in [0.3, 0.4) is 0 Å². The molecule has 3 heterocycles. The number of aryl methyl sites for hydroxylation is 1. The van der Waals surface area contributed by atoms with Gasteiger partial charge in [-0.1, -0.05) is 12.1 Å². The van der Waals surface area contributed by atoms with E-state index in [4.69, 9.17) is 4.52 Å². The highest BCUT2D eigenvalue weighted by atomic mass is 16.5. The monoisotopic (exact) mass is 264 g/mol. The Hall–Kier alpha value is -0.940. The van der Waals surface area contributed by atoms with Crippen molar-refractivity contribution >= 4 is 0 Å². The molecule has 1 aromatic heterocycles. The van der Waals surface area contributed by atoms with E-state index in [2.05, 4.69) is 20.4 Å². The standard InChI is InChI=1S/C14H24N4O/c1-2-13-16-12(17-19-13)9-18-8-4-6-14(11-18)5-3-7-15-10-14/h15H,2-11H2,1H3. The summed E-state index contributed by atoms with van der Waals surface area (Å²) in [7, 11) is 0. The second-order valence-corrected chi connectivity index (χ2v) is 6.05. The summed E-state index contributed by atoms with van der Waals surface area (Å²) in [5.41, 5.74) is 0.494. The lowest BCUT2D eigenvalue weighted by Crippen LogP contribution is -2.50. The zero-order chi connectivity index (χ0) is 13.1. The maximum atomic E-state index is 5.19. The molecule has 106 valence electrons. The van der Waals surface area contributed by atoms with Crippen molar-refractivity contribution in [1.29, 1.82) is 0 Å². The average molecular weight is 264 g/mol. The lowest BCUT2D eigenvalue weighted by molar-refractivity contribution is 0.0581. The Bertz CT molecular complexity index is 406. The Morgan fingerprint density at radius 3 is 3.00 bits per heavy atom. The molecule has 2 aliphatic rings. The number of nitrogens with one attached hydrogen (secondary N) is 1. The SMILES string of the molecule is CCc1nc(CN2CCCC3(CCCNC3)C2)no1. The van der Waals surface area contributed by atoms with Gasteiger partial charge in [-0.25, -0.2) is 0 Å². The number of likely N-dealkylation sites (tertiary alicyclic amines) is 1. The highest BCUT2D eigenvalue weighted by molar-refractivity contribution is 4.94. The van der Waals surface area contributed by atoms with Crippen molar-refractivity contribution in [2.24, 2.45) is 5.41 Å². The van der Waals surface area contributed by atoms with Crippen LogP contribution in [0.5, 0.6) is 0 Å². The Morgan fingerprint density at radius 1 is 1.37 bits per heavy atom. The number of hydrogen-bond donors (Lipinski definition) is 1. The predicted octanol–water partition coefficient (Wildman–Crippen LogP) is 1.60. The van der Waals surface area contributed by atoms with Crippen LogP contribution in [-0.2, 0) is 13.0 Å². The van der Waals surface area contributed by atoms with Gasteiger partial charge in [0.15, 0.2) is 5.82 Å². The van der Waals surface area contributed by atoms with Gasteiger partial charge in [0.2, 0.25) is 5.89 Å². The number of hydrogen-bond acceptors (Lipinski definition) is 5. The van der Waals surface area contributed by atoms with E-state index in [9.17, 15) is 0 Å². The van der Waals surface area contributed by atoms with Gasteiger partial charge in [-0.2, -0.15) is 4.98 Å². The number of nitrogens with zero attached hydrogens (tertiary/aromatic N) is 3. The summed E-state index contributed by atoms with van der Waals surface area (Å²) < 4.78 is 5.19. The number of piperidine rings is 2. The molecular formula is C14H24N4O. The second-order valence-electron chi connectivity index (χ2n) is 6.05. The van der Waals surface area contributed by atoms with Gasteiger partial charge in [0.05, 0.1) is 6.54 Å². The van der Waals surface area contributed by atoms with E-state index < -0.39 is 0 Å². The van der Waals surface area contributed by atoms with Crippen LogP contribution in [0.15, 0.2) is 4.52 Å². The molecule has 0 radical (unpaired) electrons. The zero-order valence-electron chi connectivity index (χ0n) is 11.8. The van der Waals surface area contributed by atoms with Gasteiger partial charge >= 0.3 is 0 Å². The first kappa shape index (κ1) is 13.1. The van der Waals surface area contributed by atoms with Gasteiger partial charge in [0.25, 0.3) is 0 Å². The summed E-state index contributed by atoms with van der Waals surface area (Å²) in [4.78, 5) is 6.92. The van der Waals surface area contributed by atoms with E-state index in [1.54, 1.807) is 0 Å². The van der Waals surface area contributed by atoms with Crippen LogP contribution >= 0.6 is 0 Å². The van der Waals surface area contributed by atoms with E-state index in [1.165, 1.54) is 45.3 Å². The minimum Gasteiger partial charge on any atom is -0.339 e. The van der Waals surface area contributed by atoms with Crippen LogP contribution in [0, 0.1) is 5.41 Å². The van der Waals surface area contributed by atoms with E-state index in [0.717, 1.165) is 31.2 Å². The molecule has 0 bridgehead atoms. The molecule has 0 aromatic carbocycles. The van der Waals surface area contributed by atoms with Crippen LogP contribution in [0.2, 0.25) is 0 Å². The third-order valence-electron chi connectivity index (χ3n) is 4.48. The lowest BCUT2D eigenvalue weighted by Gasteiger charge is -2.45. The third-order valence-corrected chi connectivity index (χ3v) is 4.48. The van der Waals surface area contributed by atoms with Crippen molar-refractivity contribution in [2.75, 3.05) is 26.2 Å². The van der Waals surface area contributed by atoms with Crippen LogP contribution in [0.1, 0.15) is 44.3 Å². The normalized spacial score (nSPS) is 28.9. The molecule has 1 aromatic rings. The molecule has 5 nitrogen and oxygen atoms in total. The maximum Gasteiger partial charge on any atom is 0.226 e. The first-order chi connectivity index (χ1) is 9.30. The van der Waals surface area contributed by atoms with E-state index in [0.29, 0.717) is 5.41 Å². The molecule has 2 saturated heterocycles. The van der Waals surface area contributed by atoms with E-state index in [1.807, 2.05) is 6.92 Å². The van der Waals surface area contributed by atoms with Gasteiger partial charge in [-0.15, -0.1) is 0 Å². The Labute approximate surface area is 114 Å². The fourth-order valence-corrected chi connectivity index (χ4v) is 3.52. The van der Waals surface area contributed by atoms with Gasteiger partial charge in [-0.05, 0) is 44.2 Å². The van der Waals surface area contributed by atoms with Crippen LogP contribution in [-0.4, -0.2) is 41.2 Å². The summed E-state index contributed by atoms with van der Waals surface area (Å²) in [6.45, 7) is 7.59. The zero-order valence-corrected chi connectivity index (χ0v) is 11.8. The molecule has 0 amide bonds. The second kappa shape index (κ2) is 5.59. The summed E-state index contributed by atoms with van der Waals surface area (Å²) in [5.74, 6) is 1.60. The van der Waals surface area contributed by atoms with Gasteiger partial charge < -0.3 is 9.84 Å². The Balaban J connectivity index is 1.61. The van der Waals surface area contributed by atoms with Crippen molar-refractivity contribution in [2.45, 2.75) is 45.6 Å². The Kier molecular flexibility index (Phi) is 3.84. The summed E-state index contributed by atoms with van der Waals surface area (Å²) >= 11 is 0. The quantitative estimate of drug-likeness (QED) is 0.898. The van der Waals surface area contributed by atoms with Crippen molar-refractivity contribution in [3.63, 3.8) is 0 Å². The number of rotatable bonds is 3. The molecule has 0 aliphatic carbocycles. The summed E-state index contributed by atoms with van der Waals surface area (Å²) in [5, 5.41) is 7.64. The van der Waals surface area contributed by atoms with Crippen molar-refractivity contribution < 1.29 is 4.52 Å². The molecule has 1 unspecified atom stereocenters. The minimum atomic E-state index is 0.494. The van der Waals surface area contributed by atoms with E-state index >= 15 is 0 Å². The topological polar surface area (TPSA) is 54.2 Å². The molecule has 1 N–H and O–H groups in total.